The van der Waals surface area contributed by atoms with Crippen LogP contribution < -0.4 is 4.72 Å². The Morgan fingerprint density at radius 2 is 2.10 bits per heavy atom. The van der Waals surface area contributed by atoms with Crippen molar-refractivity contribution in [1.82, 2.24) is 14.1 Å². The van der Waals surface area contributed by atoms with Crippen LogP contribution in [0.25, 0.3) is 4.96 Å². The highest BCUT2D eigenvalue weighted by Crippen LogP contribution is 2.25. The third kappa shape index (κ3) is 2.83. The van der Waals surface area contributed by atoms with Crippen LogP contribution in [0.5, 0.6) is 0 Å². The van der Waals surface area contributed by atoms with Gasteiger partial charge in [-0.15, -0.1) is 11.3 Å². The van der Waals surface area contributed by atoms with E-state index in [0.717, 1.165) is 0 Å². The van der Waals surface area contributed by atoms with Crippen molar-refractivity contribution >= 4 is 37.9 Å². The molecular formula is C10H14ClN3O4S2. The van der Waals surface area contributed by atoms with E-state index in [-0.39, 0.29) is 10.2 Å². The van der Waals surface area contributed by atoms with E-state index in [9.17, 15) is 8.42 Å². The Kier molecular flexibility index (Phi) is 4.67. The third-order valence-electron chi connectivity index (χ3n) is 2.65. The van der Waals surface area contributed by atoms with Crippen LogP contribution in [0.2, 0.25) is 5.15 Å². The van der Waals surface area contributed by atoms with Crippen molar-refractivity contribution in [2.24, 2.45) is 0 Å². The number of sulfonamides is 1. The van der Waals surface area contributed by atoms with Gasteiger partial charge in [0.15, 0.2) is 21.4 Å². The fourth-order valence-electron chi connectivity index (χ4n) is 1.84. The summed E-state index contributed by atoms with van der Waals surface area (Å²) in [6.45, 7) is 1.63. The predicted molar refractivity (Wildman–Crippen MR) is 75.7 cm³/mol. The first kappa shape index (κ1) is 15.7. The fraction of sp³-hybridized carbons (Fsp3) is 0.500. The lowest BCUT2D eigenvalue weighted by molar-refractivity contribution is -0.115. The summed E-state index contributed by atoms with van der Waals surface area (Å²) in [6.07, 6.45) is 0.900. The number of thiazole rings is 1. The van der Waals surface area contributed by atoms with Gasteiger partial charge in [-0.25, -0.2) is 18.1 Å². The van der Waals surface area contributed by atoms with Crippen LogP contribution in [0.3, 0.4) is 0 Å². The Hall–Kier alpha value is -0.710. The van der Waals surface area contributed by atoms with Crippen molar-refractivity contribution in [3.05, 3.63) is 16.7 Å². The van der Waals surface area contributed by atoms with Crippen molar-refractivity contribution < 1.29 is 17.9 Å². The number of rotatable bonds is 6. The zero-order chi connectivity index (χ0) is 14.9. The number of halogens is 1. The van der Waals surface area contributed by atoms with E-state index in [1.54, 1.807) is 18.5 Å². The van der Waals surface area contributed by atoms with E-state index in [4.69, 9.17) is 21.1 Å². The third-order valence-corrected chi connectivity index (χ3v) is 5.36. The van der Waals surface area contributed by atoms with E-state index < -0.39 is 22.4 Å². The minimum Gasteiger partial charge on any atom is -0.354 e. The van der Waals surface area contributed by atoms with Gasteiger partial charge in [-0.1, -0.05) is 11.6 Å². The minimum atomic E-state index is -3.84. The van der Waals surface area contributed by atoms with Crippen LogP contribution in [0.1, 0.15) is 6.92 Å². The fourth-order valence-corrected chi connectivity index (χ4v) is 4.52. The van der Waals surface area contributed by atoms with Crippen LogP contribution >= 0.6 is 22.9 Å². The van der Waals surface area contributed by atoms with Crippen LogP contribution in [0, 0.1) is 0 Å². The first-order chi connectivity index (χ1) is 9.40. The Labute approximate surface area is 125 Å². The molecule has 0 saturated heterocycles. The molecular weight excluding hydrogens is 326 g/mol. The summed E-state index contributed by atoms with van der Waals surface area (Å²) in [6, 6.07) is -0.588. The lowest BCUT2D eigenvalue weighted by atomic mass is 10.3. The molecule has 1 atom stereocenters. The topological polar surface area (TPSA) is 81.9 Å². The van der Waals surface area contributed by atoms with Gasteiger partial charge in [0.25, 0.3) is 10.0 Å². The van der Waals surface area contributed by atoms with Crippen molar-refractivity contribution in [2.45, 2.75) is 24.3 Å². The second kappa shape index (κ2) is 5.96. The molecule has 0 fully saturated rings. The molecule has 0 spiro atoms. The summed E-state index contributed by atoms with van der Waals surface area (Å²) in [5, 5.41) is 1.57. The summed E-state index contributed by atoms with van der Waals surface area (Å²) in [4.78, 5) is 4.51. The molecule has 0 saturated carbocycles. The molecule has 1 N–H and O–H groups in total. The maximum absolute atomic E-state index is 12.4. The van der Waals surface area contributed by atoms with Gasteiger partial charge in [0.05, 0.1) is 6.04 Å². The Bertz CT molecular complexity index is 692. The van der Waals surface area contributed by atoms with Crippen LogP contribution in [-0.2, 0) is 19.5 Å². The van der Waals surface area contributed by atoms with E-state index >= 15 is 0 Å². The second-order valence-electron chi connectivity index (χ2n) is 4.01. The summed E-state index contributed by atoms with van der Waals surface area (Å²) < 4.78 is 38.8. The molecule has 1 unspecified atom stereocenters. The van der Waals surface area contributed by atoms with Crippen LogP contribution in [0.4, 0.5) is 0 Å². The van der Waals surface area contributed by atoms with E-state index in [1.165, 1.54) is 30.0 Å². The zero-order valence-electron chi connectivity index (χ0n) is 11.0. The molecule has 0 radical (unpaired) electrons. The van der Waals surface area contributed by atoms with Crippen LogP contribution in [-0.4, -0.2) is 44.4 Å². The maximum Gasteiger partial charge on any atom is 0.260 e. The van der Waals surface area contributed by atoms with Gasteiger partial charge in [-0.3, -0.25) is 4.40 Å². The molecule has 0 amide bonds. The SMILES string of the molecule is COC(OC)C(C)NS(=O)(=O)c1c(Cl)nc2sccn12. The quantitative estimate of drug-likeness (QED) is 0.803. The summed E-state index contributed by atoms with van der Waals surface area (Å²) in [5.41, 5.74) is 0. The molecule has 2 aromatic heterocycles. The molecule has 0 aliphatic rings. The summed E-state index contributed by atoms with van der Waals surface area (Å²) in [5.74, 6) is 0. The van der Waals surface area contributed by atoms with E-state index in [2.05, 4.69) is 9.71 Å². The molecule has 0 aliphatic carbocycles. The van der Waals surface area contributed by atoms with Crippen molar-refractivity contribution in [3.8, 4) is 0 Å². The maximum atomic E-state index is 12.4. The Balaban J connectivity index is 2.35. The second-order valence-corrected chi connectivity index (χ2v) is 6.87. The first-order valence-electron chi connectivity index (χ1n) is 5.59. The van der Waals surface area contributed by atoms with Crippen LogP contribution in [0.15, 0.2) is 16.6 Å². The molecule has 0 aliphatic heterocycles. The number of hydrogen-bond donors (Lipinski definition) is 1. The lowest BCUT2D eigenvalue weighted by Crippen LogP contribution is -2.43. The average molecular weight is 340 g/mol. The molecule has 10 heteroatoms. The standard InChI is InChI=1S/C10H14ClN3O4S2/c1-6(9(17-2)18-3)13-20(15,16)8-7(11)12-10-14(8)4-5-19-10/h4-6,9,13H,1-3H3. The number of methoxy groups -OCH3 is 2. The smallest absolute Gasteiger partial charge is 0.260 e. The van der Waals surface area contributed by atoms with Crippen molar-refractivity contribution in [3.63, 3.8) is 0 Å². The highest BCUT2D eigenvalue weighted by atomic mass is 35.5. The molecule has 2 rings (SSSR count). The van der Waals surface area contributed by atoms with Gasteiger partial charge in [-0.2, -0.15) is 0 Å². The minimum absolute atomic E-state index is 0.0667. The summed E-state index contributed by atoms with van der Waals surface area (Å²) >= 11 is 7.22. The zero-order valence-corrected chi connectivity index (χ0v) is 13.4. The van der Waals surface area contributed by atoms with E-state index in [0.29, 0.717) is 4.96 Å². The number of nitrogens with zero attached hydrogens (tertiary/aromatic N) is 2. The highest BCUT2D eigenvalue weighted by Gasteiger charge is 2.29. The van der Waals surface area contributed by atoms with Crippen molar-refractivity contribution in [2.75, 3.05) is 14.2 Å². The van der Waals surface area contributed by atoms with Gasteiger partial charge in [-0.05, 0) is 6.92 Å². The van der Waals surface area contributed by atoms with Crippen molar-refractivity contribution in [1.29, 1.82) is 0 Å². The highest BCUT2D eigenvalue weighted by molar-refractivity contribution is 7.89. The molecule has 0 aromatic carbocycles. The number of nitrogens with one attached hydrogen (secondary N) is 1. The largest absolute Gasteiger partial charge is 0.354 e. The number of ether oxygens (including phenoxy) is 2. The molecule has 112 valence electrons. The predicted octanol–water partition coefficient (Wildman–Crippen LogP) is 1.33. The number of aromatic nitrogens is 2. The van der Waals surface area contributed by atoms with Gasteiger partial charge < -0.3 is 9.47 Å². The van der Waals surface area contributed by atoms with Gasteiger partial charge in [0.2, 0.25) is 0 Å². The molecule has 20 heavy (non-hydrogen) atoms. The number of fused-ring (bicyclic) bond motifs is 1. The molecule has 7 nitrogen and oxygen atoms in total. The molecule has 2 heterocycles. The van der Waals surface area contributed by atoms with Gasteiger partial charge in [0, 0.05) is 25.8 Å². The number of imidazole rings is 1. The Morgan fingerprint density at radius 3 is 2.70 bits per heavy atom. The molecule has 2 aromatic rings. The van der Waals surface area contributed by atoms with Gasteiger partial charge >= 0.3 is 0 Å². The Morgan fingerprint density at radius 1 is 1.45 bits per heavy atom. The monoisotopic (exact) mass is 339 g/mol. The van der Waals surface area contributed by atoms with E-state index in [1.807, 2.05) is 0 Å². The number of hydrogen-bond acceptors (Lipinski definition) is 6. The normalized spacial score (nSPS) is 14.2. The first-order valence-corrected chi connectivity index (χ1v) is 8.33. The summed E-state index contributed by atoms with van der Waals surface area (Å²) in [7, 11) is -0.979. The average Bonchev–Trinajstić information content (AvgIpc) is 2.88. The molecule has 0 bridgehead atoms. The van der Waals surface area contributed by atoms with Gasteiger partial charge in [0.1, 0.15) is 0 Å². The lowest BCUT2D eigenvalue weighted by Gasteiger charge is -2.21.